The highest BCUT2D eigenvalue weighted by molar-refractivity contribution is 5.76. The standard InChI is InChI=1S/C13H22N4O/c1-17(9-12-14-10-15-16-12)13(18)8-11-6-4-2-3-5-7-11/h10-11H,2-9H2,1H3,(H,14,15,16). The first-order valence-electron chi connectivity index (χ1n) is 6.84. The zero-order valence-corrected chi connectivity index (χ0v) is 11.1. The van der Waals surface area contributed by atoms with Crippen LogP contribution in [-0.4, -0.2) is 33.0 Å². The molecule has 1 N–H and O–H groups in total. The largest absolute Gasteiger partial charge is 0.338 e. The van der Waals surface area contributed by atoms with Gasteiger partial charge in [0, 0.05) is 13.5 Å². The molecule has 1 aliphatic carbocycles. The Bertz CT molecular complexity index is 355. The normalized spacial score (nSPS) is 17.4. The Hall–Kier alpha value is -1.39. The van der Waals surface area contributed by atoms with Gasteiger partial charge in [0.2, 0.25) is 5.91 Å². The van der Waals surface area contributed by atoms with E-state index >= 15 is 0 Å². The van der Waals surface area contributed by atoms with E-state index < -0.39 is 0 Å². The van der Waals surface area contributed by atoms with E-state index in [1.165, 1.54) is 44.9 Å². The van der Waals surface area contributed by atoms with Gasteiger partial charge in [0.05, 0.1) is 6.54 Å². The molecule has 1 aromatic heterocycles. The third-order valence-corrected chi connectivity index (χ3v) is 3.72. The number of hydrogen-bond acceptors (Lipinski definition) is 3. The Labute approximate surface area is 108 Å². The summed E-state index contributed by atoms with van der Waals surface area (Å²) in [6, 6.07) is 0. The molecule has 1 saturated carbocycles. The third kappa shape index (κ3) is 3.82. The van der Waals surface area contributed by atoms with Gasteiger partial charge in [0.1, 0.15) is 12.2 Å². The van der Waals surface area contributed by atoms with E-state index in [0.717, 1.165) is 5.82 Å². The molecular formula is C13H22N4O. The number of aromatic nitrogens is 3. The second kappa shape index (κ2) is 6.52. The summed E-state index contributed by atoms with van der Waals surface area (Å²) in [6.45, 7) is 0.519. The van der Waals surface area contributed by atoms with Crippen molar-refractivity contribution in [2.24, 2.45) is 5.92 Å². The fourth-order valence-corrected chi connectivity index (χ4v) is 2.59. The van der Waals surface area contributed by atoms with Gasteiger partial charge in [0.25, 0.3) is 0 Å². The molecule has 5 nitrogen and oxygen atoms in total. The van der Waals surface area contributed by atoms with E-state index in [2.05, 4.69) is 15.2 Å². The number of rotatable bonds is 4. The number of hydrogen-bond donors (Lipinski definition) is 1. The van der Waals surface area contributed by atoms with Crippen molar-refractivity contribution < 1.29 is 4.79 Å². The first kappa shape index (κ1) is 13.1. The first-order valence-corrected chi connectivity index (χ1v) is 6.84. The molecule has 0 unspecified atom stereocenters. The average Bonchev–Trinajstić information content (AvgIpc) is 2.72. The van der Waals surface area contributed by atoms with Gasteiger partial charge in [-0.05, 0) is 18.8 Å². The van der Waals surface area contributed by atoms with Crippen LogP contribution < -0.4 is 0 Å². The van der Waals surface area contributed by atoms with Gasteiger partial charge < -0.3 is 4.90 Å². The highest BCUT2D eigenvalue weighted by Gasteiger charge is 2.18. The summed E-state index contributed by atoms with van der Waals surface area (Å²) < 4.78 is 0. The smallest absolute Gasteiger partial charge is 0.222 e. The summed E-state index contributed by atoms with van der Waals surface area (Å²) in [5, 5.41) is 6.57. The van der Waals surface area contributed by atoms with Crippen LogP contribution in [-0.2, 0) is 11.3 Å². The van der Waals surface area contributed by atoms with Crippen molar-refractivity contribution in [1.82, 2.24) is 20.1 Å². The minimum absolute atomic E-state index is 0.221. The summed E-state index contributed by atoms with van der Waals surface area (Å²) in [6.07, 6.45) is 9.80. The number of carbonyl (C=O) groups is 1. The van der Waals surface area contributed by atoms with Gasteiger partial charge >= 0.3 is 0 Å². The Morgan fingerprint density at radius 2 is 2.11 bits per heavy atom. The average molecular weight is 250 g/mol. The van der Waals surface area contributed by atoms with Crippen LogP contribution in [0.5, 0.6) is 0 Å². The maximum Gasteiger partial charge on any atom is 0.222 e. The van der Waals surface area contributed by atoms with Crippen molar-refractivity contribution in [3.8, 4) is 0 Å². The van der Waals surface area contributed by atoms with Crippen molar-refractivity contribution in [3.05, 3.63) is 12.2 Å². The second-order valence-electron chi connectivity index (χ2n) is 5.24. The number of aromatic amines is 1. The molecule has 1 aliphatic rings. The maximum absolute atomic E-state index is 12.1. The quantitative estimate of drug-likeness (QED) is 0.833. The number of nitrogens with zero attached hydrogens (tertiary/aromatic N) is 3. The van der Waals surface area contributed by atoms with Crippen LogP contribution in [0.2, 0.25) is 0 Å². The zero-order valence-electron chi connectivity index (χ0n) is 11.1. The molecule has 100 valence electrons. The molecule has 0 radical (unpaired) electrons. The van der Waals surface area contributed by atoms with Crippen molar-refractivity contribution >= 4 is 5.91 Å². The number of nitrogens with one attached hydrogen (secondary N) is 1. The van der Waals surface area contributed by atoms with Crippen molar-refractivity contribution in [2.75, 3.05) is 7.05 Å². The lowest BCUT2D eigenvalue weighted by atomic mass is 9.96. The van der Waals surface area contributed by atoms with Crippen molar-refractivity contribution in [1.29, 1.82) is 0 Å². The Balaban J connectivity index is 1.79. The molecule has 1 aromatic rings. The molecule has 0 atom stereocenters. The van der Waals surface area contributed by atoms with Crippen molar-refractivity contribution in [3.63, 3.8) is 0 Å². The summed E-state index contributed by atoms with van der Waals surface area (Å²) in [5.41, 5.74) is 0. The van der Waals surface area contributed by atoms with Gasteiger partial charge in [-0.2, -0.15) is 5.10 Å². The SMILES string of the molecule is CN(Cc1ncn[nH]1)C(=O)CC1CCCCCC1. The predicted octanol–water partition coefficient (Wildman–Crippen LogP) is 2.12. The van der Waals surface area contributed by atoms with E-state index in [1.807, 2.05) is 7.05 Å². The van der Waals surface area contributed by atoms with Crippen LogP contribution in [0.25, 0.3) is 0 Å². The van der Waals surface area contributed by atoms with Gasteiger partial charge in [-0.3, -0.25) is 9.89 Å². The lowest BCUT2D eigenvalue weighted by molar-refractivity contribution is -0.131. The zero-order chi connectivity index (χ0) is 12.8. The molecule has 1 fully saturated rings. The highest BCUT2D eigenvalue weighted by atomic mass is 16.2. The fraction of sp³-hybridized carbons (Fsp3) is 0.769. The monoisotopic (exact) mass is 250 g/mol. The topological polar surface area (TPSA) is 61.9 Å². The molecule has 1 heterocycles. The van der Waals surface area contributed by atoms with Gasteiger partial charge in [-0.15, -0.1) is 0 Å². The summed E-state index contributed by atoms with van der Waals surface area (Å²) in [5.74, 6) is 1.54. The maximum atomic E-state index is 12.1. The molecule has 18 heavy (non-hydrogen) atoms. The summed E-state index contributed by atoms with van der Waals surface area (Å²) in [4.78, 5) is 17.9. The van der Waals surface area contributed by atoms with Crippen LogP contribution in [0.4, 0.5) is 0 Å². The van der Waals surface area contributed by atoms with Crippen molar-refractivity contribution in [2.45, 2.75) is 51.5 Å². The lowest BCUT2D eigenvalue weighted by Gasteiger charge is -2.19. The van der Waals surface area contributed by atoms with E-state index in [-0.39, 0.29) is 5.91 Å². The third-order valence-electron chi connectivity index (χ3n) is 3.72. The second-order valence-corrected chi connectivity index (χ2v) is 5.24. The van der Waals surface area contributed by atoms with Gasteiger partial charge in [-0.25, -0.2) is 4.98 Å². The molecule has 0 spiro atoms. The Morgan fingerprint density at radius 3 is 2.72 bits per heavy atom. The molecular weight excluding hydrogens is 228 g/mol. The van der Waals surface area contributed by atoms with E-state index in [9.17, 15) is 4.79 Å². The summed E-state index contributed by atoms with van der Waals surface area (Å²) in [7, 11) is 1.83. The molecule has 5 heteroatoms. The molecule has 0 saturated heterocycles. The van der Waals surface area contributed by atoms with E-state index in [1.54, 1.807) is 4.90 Å². The fourth-order valence-electron chi connectivity index (χ4n) is 2.59. The van der Waals surface area contributed by atoms with Crippen LogP contribution >= 0.6 is 0 Å². The minimum atomic E-state index is 0.221. The highest BCUT2D eigenvalue weighted by Crippen LogP contribution is 2.25. The lowest BCUT2D eigenvalue weighted by Crippen LogP contribution is -2.28. The number of amides is 1. The van der Waals surface area contributed by atoms with Crippen LogP contribution in [0.1, 0.15) is 50.8 Å². The molecule has 2 rings (SSSR count). The minimum Gasteiger partial charge on any atom is -0.338 e. The molecule has 0 aromatic carbocycles. The van der Waals surface area contributed by atoms with Gasteiger partial charge in [0.15, 0.2) is 0 Å². The molecule has 0 bridgehead atoms. The first-order chi connectivity index (χ1) is 8.75. The van der Waals surface area contributed by atoms with Crippen LogP contribution in [0, 0.1) is 5.92 Å². The van der Waals surface area contributed by atoms with E-state index in [4.69, 9.17) is 0 Å². The Morgan fingerprint density at radius 1 is 1.39 bits per heavy atom. The molecule has 0 aliphatic heterocycles. The number of carbonyl (C=O) groups excluding carboxylic acids is 1. The molecule has 1 amide bonds. The van der Waals surface area contributed by atoms with Crippen LogP contribution in [0.15, 0.2) is 6.33 Å². The van der Waals surface area contributed by atoms with E-state index in [0.29, 0.717) is 18.9 Å². The Kier molecular flexibility index (Phi) is 4.73. The predicted molar refractivity (Wildman–Crippen MR) is 68.7 cm³/mol. The van der Waals surface area contributed by atoms with Gasteiger partial charge in [-0.1, -0.05) is 25.7 Å². The summed E-state index contributed by atoms with van der Waals surface area (Å²) >= 11 is 0. The number of H-pyrrole nitrogens is 1. The van der Waals surface area contributed by atoms with Crippen LogP contribution in [0.3, 0.4) is 0 Å².